The highest BCUT2D eigenvalue weighted by Gasteiger charge is 2.48. The predicted octanol–water partition coefficient (Wildman–Crippen LogP) is 4.29. The first-order valence-electron chi connectivity index (χ1n) is 11.7. The maximum absolute atomic E-state index is 13.8. The van der Waals surface area contributed by atoms with Gasteiger partial charge in [-0.1, -0.05) is 49.9 Å². The van der Waals surface area contributed by atoms with E-state index in [-0.39, 0.29) is 17.9 Å². The van der Waals surface area contributed by atoms with E-state index in [0.29, 0.717) is 18.8 Å². The summed E-state index contributed by atoms with van der Waals surface area (Å²) in [5, 5.41) is 4.33. The minimum absolute atomic E-state index is 0.0647. The molecule has 1 N–H and O–H groups in total. The van der Waals surface area contributed by atoms with Gasteiger partial charge in [0.15, 0.2) is 0 Å². The molecular formula is C26H30N4O2. The molecule has 3 heterocycles. The molecule has 0 saturated heterocycles. The van der Waals surface area contributed by atoms with Crippen LogP contribution in [0.5, 0.6) is 0 Å². The summed E-state index contributed by atoms with van der Waals surface area (Å²) in [6.07, 6.45) is 10.3. The summed E-state index contributed by atoms with van der Waals surface area (Å²) in [5.41, 5.74) is 1.55. The zero-order valence-electron chi connectivity index (χ0n) is 18.6. The molecule has 32 heavy (non-hydrogen) atoms. The number of fused-ring (bicyclic) bond motifs is 3. The largest absolute Gasteiger partial charge is 0.351 e. The first kappa shape index (κ1) is 20.7. The number of hydrogen-bond acceptors (Lipinski definition) is 3. The van der Waals surface area contributed by atoms with Crippen molar-refractivity contribution < 1.29 is 9.59 Å². The molecule has 2 aliphatic rings. The number of nitrogens with zero attached hydrogens (tertiary/aromatic N) is 3. The van der Waals surface area contributed by atoms with Crippen molar-refractivity contribution >= 4 is 22.7 Å². The van der Waals surface area contributed by atoms with Gasteiger partial charge in [0.1, 0.15) is 11.2 Å². The number of carbonyl (C=O) groups is 2. The molecule has 0 radical (unpaired) electrons. The zero-order chi connectivity index (χ0) is 22.1. The topological polar surface area (TPSA) is 67.2 Å². The van der Waals surface area contributed by atoms with E-state index in [1.54, 1.807) is 17.3 Å². The predicted molar refractivity (Wildman–Crippen MR) is 124 cm³/mol. The fourth-order valence-electron chi connectivity index (χ4n) is 5.19. The molecule has 1 saturated carbocycles. The second-order valence-corrected chi connectivity index (χ2v) is 9.36. The molecule has 6 heteroatoms. The third-order valence-corrected chi connectivity index (χ3v) is 7.08. The van der Waals surface area contributed by atoms with Crippen LogP contribution in [-0.4, -0.2) is 37.8 Å². The molecule has 2 aromatic heterocycles. The minimum atomic E-state index is -0.992. The van der Waals surface area contributed by atoms with Gasteiger partial charge < -0.3 is 14.8 Å². The number of amides is 2. The minimum Gasteiger partial charge on any atom is -0.351 e. The molecule has 5 rings (SSSR count). The SMILES string of the molecule is C[C@@]1(C(=O)NC2CCCCCC2)Cn2c(cc3ccccc32)C(=O)N1Cc1cccnc1. The molecule has 0 spiro atoms. The van der Waals surface area contributed by atoms with E-state index in [1.807, 2.05) is 54.0 Å². The van der Waals surface area contributed by atoms with Gasteiger partial charge in [-0.25, -0.2) is 0 Å². The first-order valence-corrected chi connectivity index (χ1v) is 11.7. The van der Waals surface area contributed by atoms with Crippen molar-refractivity contribution in [3.8, 4) is 0 Å². The van der Waals surface area contributed by atoms with E-state index < -0.39 is 5.54 Å². The van der Waals surface area contributed by atoms with Gasteiger partial charge in [0.05, 0.1) is 6.54 Å². The number of pyridine rings is 1. The van der Waals surface area contributed by atoms with E-state index in [1.165, 1.54) is 12.8 Å². The van der Waals surface area contributed by atoms with Crippen molar-refractivity contribution in [1.29, 1.82) is 0 Å². The summed E-state index contributed by atoms with van der Waals surface area (Å²) in [6.45, 7) is 2.69. The van der Waals surface area contributed by atoms with Crippen molar-refractivity contribution in [2.24, 2.45) is 0 Å². The van der Waals surface area contributed by atoms with Crippen molar-refractivity contribution in [3.05, 3.63) is 66.1 Å². The molecular weight excluding hydrogens is 400 g/mol. The number of hydrogen-bond donors (Lipinski definition) is 1. The van der Waals surface area contributed by atoms with Crippen LogP contribution < -0.4 is 5.32 Å². The average molecular weight is 431 g/mol. The van der Waals surface area contributed by atoms with Crippen LogP contribution in [-0.2, 0) is 17.9 Å². The van der Waals surface area contributed by atoms with Crippen molar-refractivity contribution in [2.75, 3.05) is 0 Å². The van der Waals surface area contributed by atoms with Gasteiger partial charge in [-0.2, -0.15) is 0 Å². The average Bonchev–Trinajstić information content (AvgIpc) is 2.98. The summed E-state index contributed by atoms with van der Waals surface area (Å²) >= 11 is 0. The second kappa shape index (κ2) is 8.41. The zero-order valence-corrected chi connectivity index (χ0v) is 18.6. The Morgan fingerprint density at radius 3 is 2.66 bits per heavy atom. The number of nitrogens with one attached hydrogen (secondary N) is 1. The van der Waals surface area contributed by atoms with Crippen LogP contribution >= 0.6 is 0 Å². The first-order chi connectivity index (χ1) is 15.6. The summed E-state index contributed by atoms with van der Waals surface area (Å²) in [7, 11) is 0. The van der Waals surface area contributed by atoms with Gasteiger partial charge in [0.25, 0.3) is 5.91 Å². The van der Waals surface area contributed by atoms with E-state index in [2.05, 4.69) is 10.3 Å². The molecule has 0 unspecified atom stereocenters. The Morgan fingerprint density at radius 2 is 1.91 bits per heavy atom. The second-order valence-electron chi connectivity index (χ2n) is 9.36. The Hall–Kier alpha value is -3.15. The van der Waals surface area contributed by atoms with Crippen molar-refractivity contribution in [3.63, 3.8) is 0 Å². The number of benzene rings is 1. The highest BCUT2D eigenvalue weighted by Crippen LogP contribution is 2.34. The molecule has 1 aliphatic heterocycles. The van der Waals surface area contributed by atoms with E-state index in [4.69, 9.17) is 0 Å². The van der Waals surface area contributed by atoms with Gasteiger partial charge in [-0.15, -0.1) is 0 Å². The van der Waals surface area contributed by atoms with Crippen LogP contribution in [0.15, 0.2) is 54.9 Å². The molecule has 1 fully saturated rings. The third kappa shape index (κ3) is 3.68. The molecule has 6 nitrogen and oxygen atoms in total. The Bertz CT molecular complexity index is 1130. The van der Waals surface area contributed by atoms with Crippen molar-refractivity contribution in [1.82, 2.24) is 19.8 Å². The number of rotatable bonds is 4. The Kier molecular flexibility index (Phi) is 5.45. The quantitative estimate of drug-likeness (QED) is 0.628. The number of para-hydroxylation sites is 1. The van der Waals surface area contributed by atoms with Gasteiger partial charge in [0.2, 0.25) is 5.91 Å². The Balaban J connectivity index is 1.53. The maximum Gasteiger partial charge on any atom is 0.271 e. The normalized spacial score (nSPS) is 21.9. The molecule has 0 bridgehead atoms. The lowest BCUT2D eigenvalue weighted by Crippen LogP contribution is -2.64. The fourth-order valence-corrected chi connectivity index (χ4v) is 5.19. The monoisotopic (exact) mass is 430 g/mol. The molecule has 3 aromatic rings. The highest BCUT2D eigenvalue weighted by molar-refractivity contribution is 6.03. The molecule has 1 aromatic carbocycles. The fraction of sp³-hybridized carbons (Fsp3) is 0.423. The maximum atomic E-state index is 13.8. The van der Waals surface area contributed by atoms with Crippen LogP contribution in [0.4, 0.5) is 0 Å². The van der Waals surface area contributed by atoms with Crippen LogP contribution in [0.3, 0.4) is 0 Å². The number of aromatic nitrogens is 2. The summed E-state index contributed by atoms with van der Waals surface area (Å²) in [5.74, 6) is -0.181. The standard InChI is InChI=1S/C26H30N4O2/c1-26(25(32)28-21-11-4-2-3-5-12-21)18-29-22-13-7-6-10-20(22)15-23(29)24(31)30(26)17-19-9-8-14-27-16-19/h6-10,13-16,21H,2-5,11-12,17-18H2,1H3,(H,28,32)/t26-/m0/s1. The lowest BCUT2D eigenvalue weighted by Gasteiger charge is -2.44. The van der Waals surface area contributed by atoms with E-state index in [0.717, 1.165) is 42.1 Å². The van der Waals surface area contributed by atoms with E-state index in [9.17, 15) is 9.59 Å². The summed E-state index contributed by atoms with van der Waals surface area (Å²) < 4.78 is 2.02. The lowest BCUT2D eigenvalue weighted by molar-refractivity contribution is -0.134. The Morgan fingerprint density at radius 1 is 1.12 bits per heavy atom. The highest BCUT2D eigenvalue weighted by atomic mass is 16.2. The molecule has 1 aliphatic carbocycles. The third-order valence-electron chi connectivity index (χ3n) is 7.08. The van der Waals surface area contributed by atoms with Gasteiger partial charge in [-0.05, 0) is 43.5 Å². The smallest absolute Gasteiger partial charge is 0.271 e. The van der Waals surface area contributed by atoms with Crippen LogP contribution in [0.1, 0.15) is 61.5 Å². The molecule has 1 atom stereocenters. The summed E-state index contributed by atoms with van der Waals surface area (Å²) in [6, 6.07) is 13.9. The Labute approximate surface area is 188 Å². The van der Waals surface area contributed by atoms with E-state index >= 15 is 0 Å². The van der Waals surface area contributed by atoms with Crippen LogP contribution in [0.25, 0.3) is 10.9 Å². The van der Waals surface area contributed by atoms with Gasteiger partial charge in [-0.3, -0.25) is 14.6 Å². The van der Waals surface area contributed by atoms with Gasteiger partial charge >= 0.3 is 0 Å². The summed E-state index contributed by atoms with van der Waals surface area (Å²) in [4.78, 5) is 33.5. The molecule has 2 amide bonds. The van der Waals surface area contributed by atoms with Gasteiger partial charge in [0, 0.05) is 35.9 Å². The number of carbonyl (C=O) groups excluding carboxylic acids is 2. The van der Waals surface area contributed by atoms with Crippen LogP contribution in [0, 0.1) is 0 Å². The van der Waals surface area contributed by atoms with Crippen LogP contribution in [0.2, 0.25) is 0 Å². The lowest BCUT2D eigenvalue weighted by atomic mass is 9.93. The molecule has 166 valence electrons. The van der Waals surface area contributed by atoms with Crippen molar-refractivity contribution in [2.45, 2.75) is 70.1 Å².